The predicted molar refractivity (Wildman–Crippen MR) is 238 cm³/mol. The summed E-state index contributed by atoms with van der Waals surface area (Å²) in [5, 5.41) is 25.1. The first-order chi connectivity index (χ1) is 26.5. The number of nitrogens with zero attached hydrogens (tertiary/aromatic N) is 1. The second-order valence-electron chi connectivity index (χ2n) is 18.1. The highest BCUT2D eigenvalue weighted by atomic mass is 16.3. The summed E-state index contributed by atoms with van der Waals surface area (Å²) in [5.41, 5.74) is 14.2. The first-order valence-electron chi connectivity index (χ1n) is 19.5. The van der Waals surface area contributed by atoms with Crippen molar-refractivity contribution in [3.05, 3.63) is 167 Å². The van der Waals surface area contributed by atoms with E-state index < -0.39 is 0 Å². The number of rotatable bonds is 7. The van der Waals surface area contributed by atoms with Crippen LogP contribution in [0.15, 0.2) is 140 Å². The van der Waals surface area contributed by atoms with E-state index in [0.29, 0.717) is 11.1 Å². The smallest absolute Gasteiger partial charge is 0.124 e. The molecule has 7 aromatic rings. The third kappa shape index (κ3) is 7.88. The number of hydrogen-bond acceptors (Lipinski definition) is 4. The number of para-hydroxylation sites is 1. The molecular weight excluding hydrogens is 683 g/mol. The molecule has 0 atom stereocenters. The average Bonchev–Trinajstić information content (AvgIpc) is 3.16. The number of aromatic hydroxyl groups is 1. The molecule has 0 saturated carbocycles. The largest absolute Gasteiger partial charge is 0.507 e. The second kappa shape index (κ2) is 14.6. The molecule has 0 radical (unpaired) electrons. The topological polar surface area (TPSA) is 69.0 Å². The zero-order valence-corrected chi connectivity index (χ0v) is 34.2. The molecule has 0 fully saturated rings. The Balaban J connectivity index is 1.36. The van der Waals surface area contributed by atoms with Gasteiger partial charge in [0.1, 0.15) is 5.75 Å². The van der Waals surface area contributed by atoms with Crippen molar-refractivity contribution in [3.8, 4) is 39.1 Å². The molecule has 56 heavy (non-hydrogen) atoms. The Morgan fingerprint density at radius 2 is 1.12 bits per heavy atom. The number of aromatic nitrogens is 1. The van der Waals surface area contributed by atoms with Crippen LogP contribution in [0.3, 0.4) is 0 Å². The Kier molecular flexibility index (Phi) is 9.97. The number of phenols is 1. The summed E-state index contributed by atoms with van der Waals surface area (Å²) in [6.07, 6.45) is 1.88. The van der Waals surface area contributed by atoms with Gasteiger partial charge in [0.05, 0.1) is 11.2 Å². The Morgan fingerprint density at radius 3 is 1.80 bits per heavy atom. The van der Waals surface area contributed by atoms with Crippen LogP contribution in [0.2, 0.25) is 0 Å². The van der Waals surface area contributed by atoms with Crippen LogP contribution >= 0.6 is 0 Å². The maximum atomic E-state index is 10.9. The zero-order valence-electron chi connectivity index (χ0n) is 34.2. The molecule has 0 amide bonds. The van der Waals surface area contributed by atoms with Gasteiger partial charge in [0, 0.05) is 39.6 Å². The fourth-order valence-electron chi connectivity index (χ4n) is 7.27. The van der Waals surface area contributed by atoms with Gasteiger partial charge in [-0.15, -0.1) is 0 Å². The van der Waals surface area contributed by atoms with Gasteiger partial charge >= 0.3 is 0 Å². The quantitative estimate of drug-likeness (QED) is 0.143. The summed E-state index contributed by atoms with van der Waals surface area (Å²) in [7, 11) is 0. The van der Waals surface area contributed by atoms with E-state index in [0.717, 1.165) is 55.7 Å². The van der Waals surface area contributed by atoms with Crippen molar-refractivity contribution in [2.24, 2.45) is 0 Å². The van der Waals surface area contributed by atoms with E-state index in [-0.39, 0.29) is 27.7 Å². The maximum absolute atomic E-state index is 10.9. The zero-order chi connectivity index (χ0) is 40.0. The van der Waals surface area contributed by atoms with Crippen LogP contribution in [0.25, 0.3) is 44.3 Å². The second-order valence-corrected chi connectivity index (χ2v) is 18.1. The molecule has 6 aromatic carbocycles. The summed E-state index contributed by atoms with van der Waals surface area (Å²) in [6.45, 7) is 20.1. The van der Waals surface area contributed by atoms with Crippen molar-refractivity contribution in [2.45, 2.75) is 78.6 Å². The normalized spacial score (nSPS) is 12.2. The Labute approximate surface area is 332 Å². The average molecular weight is 736 g/mol. The maximum Gasteiger partial charge on any atom is 0.124 e. The van der Waals surface area contributed by atoms with Crippen LogP contribution in [-0.2, 0) is 16.2 Å². The van der Waals surface area contributed by atoms with Crippen LogP contribution in [0.4, 0.5) is 11.4 Å². The fourth-order valence-corrected chi connectivity index (χ4v) is 7.27. The van der Waals surface area contributed by atoms with E-state index in [1.165, 1.54) is 16.7 Å². The molecule has 0 aliphatic carbocycles. The number of pyridine rings is 1. The van der Waals surface area contributed by atoms with Gasteiger partial charge in [-0.1, -0.05) is 153 Å². The molecule has 4 nitrogen and oxygen atoms in total. The number of nitrogens with one attached hydrogen (secondary N) is 2. The van der Waals surface area contributed by atoms with Crippen LogP contribution in [0, 0.1) is 5.41 Å². The standard InChI is InChI=1S/C52H53N3O/c1-50(2,3)37-21-24-47(56)45(32-37)48(53)44-18-13-14-20-46(44)55-40-29-34(33-16-11-10-12-17-33)26-35(30-40)42-23-22-41(43-19-15-25-54-49(42)43)36-27-38(51(4,5)6)31-39(28-36)52(7,8)9/h10-32,53,55-56H,1-9H3. The molecule has 0 spiro atoms. The van der Waals surface area contributed by atoms with Crippen LogP contribution < -0.4 is 5.32 Å². The lowest BCUT2D eigenvalue weighted by atomic mass is 9.78. The van der Waals surface area contributed by atoms with Crippen LogP contribution in [0.1, 0.15) is 90.1 Å². The fraction of sp³-hybridized carbons (Fsp3) is 0.231. The molecule has 0 saturated heterocycles. The van der Waals surface area contributed by atoms with Crippen molar-refractivity contribution in [2.75, 3.05) is 5.32 Å². The molecule has 0 unspecified atom stereocenters. The van der Waals surface area contributed by atoms with E-state index >= 15 is 0 Å². The Hall–Kier alpha value is -6.00. The molecule has 0 aliphatic heterocycles. The van der Waals surface area contributed by atoms with E-state index in [2.05, 4.69) is 146 Å². The molecule has 3 N–H and O–H groups in total. The lowest BCUT2D eigenvalue weighted by Gasteiger charge is -2.26. The van der Waals surface area contributed by atoms with Gasteiger partial charge in [-0.2, -0.15) is 0 Å². The van der Waals surface area contributed by atoms with Gasteiger partial charge in [-0.05, 0) is 103 Å². The minimum absolute atomic E-state index is 0.000757. The molecule has 4 heteroatoms. The minimum Gasteiger partial charge on any atom is -0.507 e. The van der Waals surface area contributed by atoms with E-state index in [1.54, 1.807) is 6.07 Å². The summed E-state index contributed by atoms with van der Waals surface area (Å²) < 4.78 is 0. The lowest BCUT2D eigenvalue weighted by molar-refractivity contribution is 0.473. The molecule has 0 bridgehead atoms. The molecular formula is C52H53N3O. The monoisotopic (exact) mass is 735 g/mol. The third-order valence-electron chi connectivity index (χ3n) is 10.7. The Bertz CT molecular complexity index is 2550. The van der Waals surface area contributed by atoms with Crippen molar-refractivity contribution in [1.82, 2.24) is 4.98 Å². The van der Waals surface area contributed by atoms with Gasteiger partial charge in [0.2, 0.25) is 0 Å². The van der Waals surface area contributed by atoms with Gasteiger partial charge in [0.15, 0.2) is 0 Å². The van der Waals surface area contributed by atoms with Crippen molar-refractivity contribution >= 4 is 28.0 Å². The summed E-state index contributed by atoms with van der Waals surface area (Å²) in [4.78, 5) is 5.03. The van der Waals surface area contributed by atoms with Gasteiger partial charge < -0.3 is 10.4 Å². The van der Waals surface area contributed by atoms with Crippen molar-refractivity contribution in [1.29, 1.82) is 5.41 Å². The van der Waals surface area contributed by atoms with Gasteiger partial charge in [-0.3, -0.25) is 10.4 Å². The van der Waals surface area contributed by atoms with Crippen LogP contribution in [-0.4, -0.2) is 15.8 Å². The predicted octanol–water partition coefficient (Wildman–Crippen LogP) is 14.0. The number of benzene rings is 6. The number of fused-ring (bicyclic) bond motifs is 1. The first kappa shape index (κ1) is 38.3. The summed E-state index contributed by atoms with van der Waals surface area (Å²) >= 11 is 0. The van der Waals surface area contributed by atoms with Gasteiger partial charge in [0.25, 0.3) is 0 Å². The minimum atomic E-state index is -0.127. The lowest BCUT2D eigenvalue weighted by Crippen LogP contribution is -2.16. The van der Waals surface area contributed by atoms with Gasteiger partial charge in [-0.25, -0.2) is 0 Å². The third-order valence-corrected chi connectivity index (χ3v) is 10.7. The highest BCUT2D eigenvalue weighted by Crippen LogP contribution is 2.41. The molecule has 1 heterocycles. The van der Waals surface area contributed by atoms with Crippen molar-refractivity contribution < 1.29 is 5.11 Å². The highest BCUT2D eigenvalue weighted by Gasteiger charge is 2.23. The van der Waals surface area contributed by atoms with Crippen molar-refractivity contribution in [3.63, 3.8) is 0 Å². The molecule has 0 aliphatic rings. The molecule has 1 aromatic heterocycles. The summed E-state index contributed by atoms with van der Waals surface area (Å²) in [6, 6.07) is 46.2. The Morgan fingerprint density at radius 1 is 0.518 bits per heavy atom. The molecule has 7 rings (SSSR count). The summed E-state index contributed by atoms with van der Waals surface area (Å²) in [5.74, 6) is 0.0914. The van der Waals surface area contributed by atoms with E-state index in [4.69, 9.17) is 4.98 Å². The highest BCUT2D eigenvalue weighted by molar-refractivity contribution is 6.16. The number of anilines is 2. The SMILES string of the molecule is CC(C)(C)c1cc(-c2ccc(-c3cc(Nc4ccccc4C(=N)c4cc(C(C)(C)C)ccc4O)cc(-c4ccccc4)c3)c3ncccc23)cc(C(C)(C)C)c1. The molecule has 282 valence electrons. The number of phenolic OH excluding ortho intramolecular Hbond substituents is 1. The van der Waals surface area contributed by atoms with E-state index in [1.807, 2.05) is 54.7 Å². The number of hydrogen-bond donors (Lipinski definition) is 3. The van der Waals surface area contributed by atoms with Crippen LogP contribution in [0.5, 0.6) is 5.75 Å². The van der Waals surface area contributed by atoms with E-state index in [9.17, 15) is 10.5 Å². The first-order valence-corrected chi connectivity index (χ1v) is 19.5.